The van der Waals surface area contributed by atoms with E-state index in [0.717, 1.165) is 36.8 Å². The van der Waals surface area contributed by atoms with Crippen LogP contribution in [0.3, 0.4) is 0 Å². The van der Waals surface area contributed by atoms with E-state index < -0.39 is 22.5 Å². The largest absolute Gasteiger partial charge is 0.418 e. The van der Waals surface area contributed by atoms with E-state index in [9.17, 15) is 13.2 Å². The van der Waals surface area contributed by atoms with Crippen molar-refractivity contribution in [3.63, 3.8) is 0 Å². The lowest BCUT2D eigenvalue weighted by Crippen LogP contribution is -2.35. The predicted molar refractivity (Wildman–Crippen MR) is 83.5 cm³/mol. The van der Waals surface area contributed by atoms with E-state index in [4.69, 9.17) is 9.08 Å². The van der Waals surface area contributed by atoms with Gasteiger partial charge in [-0.2, -0.15) is 13.5 Å². The summed E-state index contributed by atoms with van der Waals surface area (Å²) < 4.78 is 40.6. The van der Waals surface area contributed by atoms with E-state index in [1.54, 1.807) is 0 Å². The molecule has 0 aromatic carbocycles. The number of hydrogen-bond donors (Lipinski definition) is 2. The zero-order chi connectivity index (χ0) is 17.6. The minimum atomic E-state index is -4.73. The highest BCUT2D eigenvalue weighted by molar-refractivity contribution is 7.80. The molecule has 2 N–H and O–H groups in total. The van der Waals surface area contributed by atoms with Crippen LogP contribution >= 0.6 is 0 Å². The summed E-state index contributed by atoms with van der Waals surface area (Å²) in [7, 11) is -4.73. The summed E-state index contributed by atoms with van der Waals surface area (Å²) in [6.45, 7) is 2.31. The quantitative estimate of drug-likeness (QED) is 0.716. The number of aromatic nitrogens is 1. The number of nitrogens with one attached hydrogen (secondary N) is 1. The van der Waals surface area contributed by atoms with Gasteiger partial charge in [-0.1, -0.05) is 5.16 Å². The van der Waals surface area contributed by atoms with Gasteiger partial charge in [-0.3, -0.25) is 4.55 Å². The molecule has 138 valence electrons. The number of nitrogens with zero attached hydrogens (tertiary/aromatic N) is 3. The number of piperidine rings is 1. The van der Waals surface area contributed by atoms with Crippen LogP contribution in [0.5, 0.6) is 0 Å². The summed E-state index contributed by atoms with van der Waals surface area (Å²) in [5.74, 6) is 1.33. The minimum absolute atomic E-state index is 0.280. The Labute approximate surface area is 145 Å². The normalized spacial score (nSPS) is 29.6. The molecule has 1 aromatic rings. The fourth-order valence-electron chi connectivity index (χ4n) is 3.89. The van der Waals surface area contributed by atoms with Gasteiger partial charge in [0.15, 0.2) is 0 Å². The maximum atomic E-state index is 12.4. The molecule has 25 heavy (non-hydrogen) atoms. The highest BCUT2D eigenvalue weighted by Gasteiger charge is 2.48. The topological polar surface area (TPSA) is 125 Å². The summed E-state index contributed by atoms with van der Waals surface area (Å²) in [4.78, 5) is 13.9. The Morgan fingerprint density at radius 3 is 2.96 bits per heavy atom. The fraction of sp³-hybridized carbons (Fsp3) is 0.714. The number of fused-ring (bicyclic) bond motifs is 2. The lowest BCUT2D eigenvalue weighted by Gasteiger charge is -2.28. The SMILES string of the molecule is O=C1N2C[C@@H](CC[C@H]2c2cc(CC3CCNC3)on2)N1OS(=O)(=O)O. The van der Waals surface area contributed by atoms with Crippen molar-refractivity contribution in [2.75, 3.05) is 19.6 Å². The third-order valence-corrected chi connectivity index (χ3v) is 5.42. The number of rotatable bonds is 5. The summed E-state index contributed by atoms with van der Waals surface area (Å²) in [5, 5.41) is 8.16. The first-order chi connectivity index (χ1) is 11.9. The Bertz CT molecular complexity index is 759. The summed E-state index contributed by atoms with van der Waals surface area (Å²) in [6, 6.07) is 0.609. The van der Waals surface area contributed by atoms with E-state index in [0.29, 0.717) is 31.0 Å². The standard InChI is InChI=1S/C14H20N4O6S/c19-14-17-8-10(18(14)24-25(20,21)22)1-2-13(17)12-6-11(23-16-12)5-9-3-4-15-7-9/h6,9-10,13,15H,1-5,7-8H2,(H,20,21,22)/t9?,10-,13+/m1/s1. The zero-order valence-corrected chi connectivity index (χ0v) is 14.3. The molecule has 4 heterocycles. The van der Waals surface area contributed by atoms with Crippen molar-refractivity contribution >= 4 is 16.4 Å². The lowest BCUT2D eigenvalue weighted by molar-refractivity contribution is -0.0317. The van der Waals surface area contributed by atoms with Crippen LogP contribution in [0, 0.1) is 5.92 Å². The van der Waals surface area contributed by atoms with Crippen LogP contribution < -0.4 is 5.32 Å². The monoisotopic (exact) mass is 372 g/mol. The Balaban J connectivity index is 1.47. The van der Waals surface area contributed by atoms with Gasteiger partial charge < -0.3 is 14.7 Å². The number of hydrogen-bond acceptors (Lipinski definition) is 7. The Hall–Kier alpha value is -1.69. The molecule has 10 nitrogen and oxygen atoms in total. The minimum Gasteiger partial charge on any atom is -0.361 e. The molecule has 11 heteroatoms. The van der Waals surface area contributed by atoms with Gasteiger partial charge in [0.05, 0.1) is 12.1 Å². The first-order valence-electron chi connectivity index (χ1n) is 8.34. The van der Waals surface area contributed by atoms with E-state index >= 15 is 0 Å². The van der Waals surface area contributed by atoms with Gasteiger partial charge in [0.25, 0.3) is 0 Å². The average Bonchev–Trinajstić information content (AvgIpc) is 3.26. The van der Waals surface area contributed by atoms with Crippen molar-refractivity contribution in [3.05, 3.63) is 17.5 Å². The highest BCUT2D eigenvalue weighted by atomic mass is 32.3. The molecule has 3 fully saturated rings. The Kier molecular flexibility index (Phi) is 4.18. The van der Waals surface area contributed by atoms with Crippen molar-refractivity contribution < 1.29 is 26.6 Å². The van der Waals surface area contributed by atoms with Gasteiger partial charge in [-0.25, -0.2) is 4.79 Å². The van der Waals surface area contributed by atoms with Crippen LogP contribution in [0.4, 0.5) is 4.79 Å². The van der Waals surface area contributed by atoms with E-state index in [2.05, 4.69) is 14.8 Å². The molecular weight excluding hydrogens is 352 g/mol. The van der Waals surface area contributed by atoms with Gasteiger partial charge in [0.2, 0.25) is 0 Å². The van der Waals surface area contributed by atoms with Gasteiger partial charge in [-0.15, -0.1) is 4.28 Å². The maximum Gasteiger partial charge on any atom is 0.418 e. The van der Waals surface area contributed by atoms with Gasteiger partial charge in [-0.05, 0) is 38.3 Å². The molecule has 1 aromatic heterocycles. The second-order valence-corrected chi connectivity index (χ2v) is 7.80. The van der Waals surface area contributed by atoms with Crippen molar-refractivity contribution in [3.8, 4) is 0 Å². The Morgan fingerprint density at radius 2 is 2.24 bits per heavy atom. The van der Waals surface area contributed by atoms with Crippen LogP contribution in [-0.2, 0) is 21.1 Å². The first-order valence-corrected chi connectivity index (χ1v) is 9.70. The molecule has 3 saturated heterocycles. The van der Waals surface area contributed by atoms with Crippen LogP contribution in [0.25, 0.3) is 0 Å². The van der Waals surface area contributed by atoms with Gasteiger partial charge in [0.1, 0.15) is 11.5 Å². The second kappa shape index (κ2) is 6.24. The van der Waals surface area contributed by atoms with E-state index in [1.807, 2.05) is 6.07 Å². The zero-order valence-electron chi connectivity index (χ0n) is 13.5. The van der Waals surface area contributed by atoms with E-state index in [-0.39, 0.29) is 6.04 Å². The van der Waals surface area contributed by atoms with Crippen molar-refractivity contribution in [2.45, 2.75) is 37.8 Å². The molecule has 2 amide bonds. The second-order valence-electron chi connectivity index (χ2n) is 6.79. The third-order valence-electron chi connectivity index (χ3n) is 5.07. The van der Waals surface area contributed by atoms with Crippen molar-refractivity contribution in [2.24, 2.45) is 5.92 Å². The van der Waals surface area contributed by atoms with Crippen LogP contribution in [0.2, 0.25) is 0 Å². The van der Waals surface area contributed by atoms with Crippen LogP contribution in [-0.4, -0.2) is 59.8 Å². The number of carbonyl (C=O) groups excluding carboxylic acids is 1. The molecule has 3 aliphatic rings. The lowest BCUT2D eigenvalue weighted by atomic mass is 9.97. The molecule has 2 bridgehead atoms. The van der Waals surface area contributed by atoms with Gasteiger partial charge >= 0.3 is 16.4 Å². The molecule has 4 rings (SSSR count). The van der Waals surface area contributed by atoms with Crippen molar-refractivity contribution in [1.29, 1.82) is 0 Å². The van der Waals surface area contributed by atoms with Crippen LogP contribution in [0.1, 0.15) is 36.8 Å². The number of hydroxylamine groups is 2. The summed E-state index contributed by atoms with van der Waals surface area (Å²) >= 11 is 0. The average molecular weight is 372 g/mol. The summed E-state index contributed by atoms with van der Waals surface area (Å²) in [5.41, 5.74) is 0.668. The number of urea groups is 1. The molecule has 0 saturated carbocycles. The van der Waals surface area contributed by atoms with Gasteiger partial charge in [0, 0.05) is 19.0 Å². The van der Waals surface area contributed by atoms with Crippen molar-refractivity contribution in [1.82, 2.24) is 20.4 Å². The predicted octanol–water partition coefficient (Wildman–Crippen LogP) is 0.502. The third kappa shape index (κ3) is 3.36. The first kappa shape index (κ1) is 16.8. The number of carbonyl (C=O) groups is 1. The molecule has 1 unspecified atom stereocenters. The molecule has 0 spiro atoms. The number of amides is 2. The molecule has 0 aliphatic carbocycles. The maximum absolute atomic E-state index is 12.4. The van der Waals surface area contributed by atoms with E-state index in [1.165, 1.54) is 4.90 Å². The Morgan fingerprint density at radius 1 is 1.40 bits per heavy atom. The molecule has 0 radical (unpaired) electrons. The molecule has 3 aliphatic heterocycles. The smallest absolute Gasteiger partial charge is 0.361 e. The highest BCUT2D eigenvalue weighted by Crippen LogP contribution is 2.38. The fourth-order valence-corrected chi connectivity index (χ4v) is 4.28. The summed E-state index contributed by atoms with van der Waals surface area (Å²) in [6.07, 6.45) is 3.09. The van der Waals surface area contributed by atoms with Crippen LogP contribution in [0.15, 0.2) is 10.6 Å². The molecular formula is C14H20N4O6S. The molecule has 3 atom stereocenters.